The quantitative estimate of drug-likeness (QED) is 0.625. The molecule has 2 atom stereocenters. The minimum Gasteiger partial charge on any atom is -0.508 e. The van der Waals surface area contributed by atoms with Crippen LogP contribution in [0.25, 0.3) is 0 Å². The molecular weight excluding hydrogens is 273 g/mol. The van der Waals surface area contributed by atoms with Crippen molar-refractivity contribution < 1.29 is 24.6 Å². The Balaban J connectivity index is 2.11. The van der Waals surface area contributed by atoms with E-state index < -0.39 is 18.6 Å². The van der Waals surface area contributed by atoms with E-state index in [1.165, 1.54) is 0 Å². The molecule has 0 bridgehead atoms. The maximum absolute atomic E-state index is 12.4. The summed E-state index contributed by atoms with van der Waals surface area (Å²) in [6.07, 6.45) is 2.31. The number of nitrogens with two attached hydrogens (primary N) is 1. The molecule has 2 aliphatic rings. The lowest BCUT2D eigenvalue weighted by molar-refractivity contribution is -0.357. The summed E-state index contributed by atoms with van der Waals surface area (Å²) in [5.74, 6) is -0.591. The fraction of sp³-hybridized carbons (Fsp3) is 0.846. The zero-order valence-electron chi connectivity index (χ0n) is 12.8. The molecule has 0 aromatic carbocycles. The van der Waals surface area contributed by atoms with Crippen LogP contribution in [0, 0.1) is 5.92 Å². The zero-order valence-corrected chi connectivity index (χ0v) is 12.8. The monoisotopic (exact) mass is 298 g/mol. The second-order valence-electron chi connectivity index (χ2n) is 6.21. The van der Waals surface area contributed by atoms with Gasteiger partial charge in [-0.2, -0.15) is 0 Å². The number of hydrogen-bond donors (Lipinski definition) is 2. The Kier molecular flexibility index (Phi) is 4.90. The molecule has 0 saturated carbocycles. The lowest BCUT2D eigenvalue weighted by Crippen LogP contribution is -2.60. The molecule has 2 rings (SSSR count). The first-order chi connectivity index (χ1) is 9.86. The molecule has 0 spiro atoms. The number of quaternary nitrogens is 1. The Bertz CT molecular complexity index is 420. The molecular formula is C13H25BN3O4+. The van der Waals surface area contributed by atoms with E-state index in [0.29, 0.717) is 12.9 Å². The van der Waals surface area contributed by atoms with Crippen molar-refractivity contribution >= 4 is 19.0 Å². The number of carbonyl (C=O) groups is 2. The Morgan fingerprint density at radius 2 is 2.38 bits per heavy atom. The molecule has 2 fully saturated rings. The lowest BCUT2D eigenvalue weighted by Gasteiger charge is -2.32. The first-order valence-corrected chi connectivity index (χ1v) is 7.59. The minimum atomic E-state index is -1.12. The molecule has 1 amide bonds. The first kappa shape index (κ1) is 16.3. The first-order valence-electron chi connectivity index (χ1n) is 7.59. The molecule has 2 heterocycles. The van der Waals surface area contributed by atoms with E-state index in [1.54, 1.807) is 4.90 Å². The van der Waals surface area contributed by atoms with Gasteiger partial charge in [-0.1, -0.05) is 6.42 Å². The van der Waals surface area contributed by atoms with Crippen LogP contribution in [0.15, 0.2) is 0 Å². The normalized spacial score (nSPS) is 30.0. The van der Waals surface area contributed by atoms with Gasteiger partial charge in [0.1, 0.15) is 5.54 Å². The van der Waals surface area contributed by atoms with Gasteiger partial charge in [0.15, 0.2) is 6.54 Å². The summed E-state index contributed by atoms with van der Waals surface area (Å²) in [6, 6.07) is 0. The highest BCUT2D eigenvalue weighted by atomic mass is 16.6. The SMILES string of the molecule is CC(C)OB1CCCC2CN(C(=O)C[NH3+])CC2(N)C(=O)O1. The predicted molar refractivity (Wildman–Crippen MR) is 76.9 cm³/mol. The van der Waals surface area contributed by atoms with Gasteiger partial charge in [0, 0.05) is 25.1 Å². The van der Waals surface area contributed by atoms with E-state index in [0.717, 1.165) is 12.8 Å². The van der Waals surface area contributed by atoms with Crippen molar-refractivity contribution in [1.82, 2.24) is 4.90 Å². The summed E-state index contributed by atoms with van der Waals surface area (Å²) >= 11 is 0. The maximum Gasteiger partial charge on any atom is 0.527 e. The van der Waals surface area contributed by atoms with Gasteiger partial charge in [-0.05, 0) is 26.6 Å². The fourth-order valence-electron chi connectivity index (χ4n) is 3.08. The van der Waals surface area contributed by atoms with Crippen LogP contribution in [0.3, 0.4) is 0 Å². The molecule has 2 unspecified atom stereocenters. The van der Waals surface area contributed by atoms with Crippen molar-refractivity contribution in [2.45, 2.75) is 44.7 Å². The Morgan fingerprint density at radius 1 is 1.67 bits per heavy atom. The van der Waals surface area contributed by atoms with Crippen molar-refractivity contribution in [3.8, 4) is 0 Å². The molecule has 0 aromatic rings. The van der Waals surface area contributed by atoms with Crippen LogP contribution < -0.4 is 11.5 Å². The average molecular weight is 298 g/mol. The molecule has 0 radical (unpaired) electrons. The van der Waals surface area contributed by atoms with Crippen molar-refractivity contribution in [3.05, 3.63) is 0 Å². The summed E-state index contributed by atoms with van der Waals surface area (Å²) in [6.45, 7) is 4.70. The highest BCUT2D eigenvalue weighted by molar-refractivity contribution is 6.47. The summed E-state index contributed by atoms with van der Waals surface area (Å²) in [5.41, 5.74) is 8.79. The minimum absolute atomic E-state index is 0.0143. The maximum atomic E-state index is 12.4. The lowest BCUT2D eigenvalue weighted by atomic mass is 9.74. The van der Waals surface area contributed by atoms with Gasteiger partial charge in [-0.25, -0.2) is 0 Å². The molecule has 2 saturated heterocycles. The zero-order chi connectivity index (χ0) is 15.6. The number of fused-ring (bicyclic) bond motifs is 1. The van der Waals surface area contributed by atoms with E-state index >= 15 is 0 Å². The van der Waals surface area contributed by atoms with Gasteiger partial charge >= 0.3 is 13.1 Å². The molecule has 8 heteroatoms. The molecule has 2 aliphatic heterocycles. The number of rotatable bonds is 3. The third-order valence-electron chi connectivity index (χ3n) is 4.22. The van der Waals surface area contributed by atoms with Gasteiger partial charge in [0.2, 0.25) is 0 Å². The van der Waals surface area contributed by atoms with E-state index in [-0.39, 0.29) is 31.0 Å². The second kappa shape index (κ2) is 6.33. The van der Waals surface area contributed by atoms with Crippen LogP contribution in [0.4, 0.5) is 0 Å². The predicted octanol–water partition coefficient (Wildman–Crippen LogP) is -1.37. The van der Waals surface area contributed by atoms with Crippen LogP contribution in [0.2, 0.25) is 6.32 Å². The van der Waals surface area contributed by atoms with Gasteiger partial charge in [-0.15, -0.1) is 0 Å². The Hall–Kier alpha value is -1.12. The highest BCUT2D eigenvalue weighted by Crippen LogP contribution is 2.33. The molecule has 0 aliphatic carbocycles. The van der Waals surface area contributed by atoms with Crippen LogP contribution in [0.1, 0.15) is 26.7 Å². The number of carbonyl (C=O) groups excluding carboxylic acids is 2. The number of nitrogens with zero attached hydrogens (tertiary/aromatic N) is 1. The molecule has 118 valence electrons. The van der Waals surface area contributed by atoms with E-state index in [4.69, 9.17) is 15.0 Å². The summed E-state index contributed by atoms with van der Waals surface area (Å²) in [7, 11) is -0.545. The molecule has 21 heavy (non-hydrogen) atoms. The third kappa shape index (κ3) is 3.38. The molecule has 7 nitrogen and oxygen atoms in total. The van der Waals surface area contributed by atoms with Crippen molar-refractivity contribution in [2.75, 3.05) is 19.6 Å². The van der Waals surface area contributed by atoms with Crippen molar-refractivity contribution in [2.24, 2.45) is 11.7 Å². The smallest absolute Gasteiger partial charge is 0.508 e. The number of likely N-dealkylation sites (tertiary alicyclic amines) is 1. The van der Waals surface area contributed by atoms with Gasteiger partial charge in [0.25, 0.3) is 5.91 Å². The van der Waals surface area contributed by atoms with E-state index in [1.807, 2.05) is 13.8 Å². The molecule has 5 N–H and O–H groups in total. The van der Waals surface area contributed by atoms with E-state index in [9.17, 15) is 9.59 Å². The topological polar surface area (TPSA) is 110 Å². The van der Waals surface area contributed by atoms with Crippen LogP contribution in [0.5, 0.6) is 0 Å². The van der Waals surface area contributed by atoms with Crippen LogP contribution >= 0.6 is 0 Å². The third-order valence-corrected chi connectivity index (χ3v) is 4.22. The van der Waals surface area contributed by atoms with Crippen LogP contribution in [-0.4, -0.2) is 55.2 Å². The number of hydrogen-bond acceptors (Lipinski definition) is 5. The largest absolute Gasteiger partial charge is 0.527 e. The van der Waals surface area contributed by atoms with Gasteiger partial charge in [-0.3, -0.25) is 9.59 Å². The van der Waals surface area contributed by atoms with Crippen molar-refractivity contribution in [3.63, 3.8) is 0 Å². The average Bonchev–Trinajstić information content (AvgIpc) is 2.74. The van der Waals surface area contributed by atoms with Crippen LogP contribution in [-0.2, 0) is 18.9 Å². The number of amides is 1. The van der Waals surface area contributed by atoms with Gasteiger partial charge in [0.05, 0.1) is 0 Å². The standard InChI is InChI=1S/C13H24BN3O4/c1-9(2)20-14-5-3-4-10-7-17(11(18)6-15)8-13(10,16)12(19)21-14/h9-10H,3-8,15-16H2,1-2H3/p+1. The summed E-state index contributed by atoms with van der Waals surface area (Å²) in [5, 5.41) is 0. The highest BCUT2D eigenvalue weighted by Gasteiger charge is 2.53. The second-order valence-corrected chi connectivity index (χ2v) is 6.21. The fourth-order valence-corrected chi connectivity index (χ4v) is 3.08. The summed E-state index contributed by atoms with van der Waals surface area (Å²) in [4.78, 5) is 25.9. The van der Waals surface area contributed by atoms with Gasteiger partial charge < -0.3 is 25.7 Å². The Morgan fingerprint density at radius 3 is 3.00 bits per heavy atom. The van der Waals surface area contributed by atoms with E-state index in [2.05, 4.69) is 5.73 Å². The molecule has 0 aromatic heterocycles. The summed E-state index contributed by atoms with van der Waals surface area (Å²) < 4.78 is 11.0. The van der Waals surface area contributed by atoms with Crippen molar-refractivity contribution in [1.29, 1.82) is 0 Å². The Labute approximate surface area is 125 Å².